The highest BCUT2D eigenvalue weighted by atomic mass is 35.5. The van der Waals surface area contributed by atoms with E-state index in [2.05, 4.69) is 4.98 Å². The van der Waals surface area contributed by atoms with Gasteiger partial charge in [0.1, 0.15) is 16.8 Å². The van der Waals surface area contributed by atoms with Crippen LogP contribution in [0.3, 0.4) is 0 Å². The minimum Gasteiger partial charge on any atom is -0.385 e. The minimum absolute atomic E-state index is 0.0605. The van der Waals surface area contributed by atoms with Crippen LogP contribution in [0.2, 0.25) is 5.02 Å². The lowest BCUT2D eigenvalue weighted by atomic mass is 10.2. The van der Waals surface area contributed by atoms with E-state index in [1.54, 1.807) is 0 Å². The zero-order chi connectivity index (χ0) is 15.2. The van der Waals surface area contributed by atoms with Gasteiger partial charge in [-0.1, -0.05) is 11.6 Å². The highest BCUT2D eigenvalue weighted by Gasteiger charge is 2.18. The van der Waals surface area contributed by atoms with Crippen molar-refractivity contribution in [2.45, 2.75) is 17.9 Å². The molecule has 1 aromatic carbocycles. The average molecular weight is 318 g/mol. The zero-order valence-electron chi connectivity index (χ0n) is 10.7. The van der Waals surface area contributed by atoms with Crippen LogP contribution in [0.4, 0.5) is 0 Å². The SMILES string of the molecule is CC(O)c1nc2cc(Cl)c(S(N)(=O)=O)cc2c(=O)n1C. The number of hydrogen-bond acceptors (Lipinski definition) is 5. The molecular formula is C11H12ClN3O4S. The second-order valence-electron chi connectivity index (χ2n) is 4.35. The van der Waals surface area contributed by atoms with Crippen LogP contribution >= 0.6 is 11.6 Å². The maximum atomic E-state index is 12.2. The molecule has 0 spiro atoms. The lowest BCUT2D eigenvalue weighted by Crippen LogP contribution is -2.24. The Morgan fingerprint density at radius 1 is 1.45 bits per heavy atom. The second kappa shape index (κ2) is 4.81. The van der Waals surface area contributed by atoms with Crippen molar-refractivity contribution < 1.29 is 13.5 Å². The molecule has 7 nitrogen and oxygen atoms in total. The van der Waals surface area contributed by atoms with Crippen molar-refractivity contribution in [3.63, 3.8) is 0 Å². The van der Waals surface area contributed by atoms with Crippen LogP contribution in [0.5, 0.6) is 0 Å². The molecule has 0 fully saturated rings. The molecule has 20 heavy (non-hydrogen) atoms. The normalized spacial score (nSPS) is 13.7. The van der Waals surface area contributed by atoms with Crippen LogP contribution < -0.4 is 10.7 Å². The largest absolute Gasteiger partial charge is 0.385 e. The van der Waals surface area contributed by atoms with Crippen molar-refractivity contribution in [1.29, 1.82) is 0 Å². The summed E-state index contributed by atoms with van der Waals surface area (Å²) in [6.07, 6.45) is -0.950. The van der Waals surface area contributed by atoms with Crippen LogP contribution in [0.1, 0.15) is 18.9 Å². The van der Waals surface area contributed by atoms with Crippen molar-refractivity contribution in [3.05, 3.63) is 33.3 Å². The number of aromatic nitrogens is 2. The molecule has 0 saturated heterocycles. The second-order valence-corrected chi connectivity index (χ2v) is 6.29. The van der Waals surface area contributed by atoms with Gasteiger partial charge in [-0.05, 0) is 19.1 Å². The van der Waals surface area contributed by atoms with Gasteiger partial charge in [-0.25, -0.2) is 18.5 Å². The van der Waals surface area contributed by atoms with Crippen molar-refractivity contribution in [3.8, 4) is 0 Å². The third-order valence-corrected chi connectivity index (χ3v) is 4.22. The quantitative estimate of drug-likeness (QED) is 0.826. The minimum atomic E-state index is -4.04. The molecule has 0 aliphatic heterocycles. The molecule has 1 unspecified atom stereocenters. The maximum Gasteiger partial charge on any atom is 0.261 e. The van der Waals surface area contributed by atoms with Crippen molar-refractivity contribution in [2.75, 3.05) is 0 Å². The number of primary sulfonamides is 1. The van der Waals surface area contributed by atoms with E-state index >= 15 is 0 Å². The maximum absolute atomic E-state index is 12.2. The summed E-state index contributed by atoms with van der Waals surface area (Å²) in [6, 6.07) is 2.33. The molecule has 9 heteroatoms. The van der Waals surface area contributed by atoms with Gasteiger partial charge >= 0.3 is 0 Å². The standard InChI is InChI=1S/C11H12ClN3O4S/c1-5(16)10-14-8-4-7(12)9(20(13,18)19)3-6(8)11(17)15(10)2/h3-5,16H,1-2H3,(H2,13,18,19). The van der Waals surface area contributed by atoms with E-state index in [4.69, 9.17) is 16.7 Å². The fourth-order valence-corrected chi connectivity index (χ4v) is 2.97. The van der Waals surface area contributed by atoms with Gasteiger partial charge in [-0.2, -0.15) is 0 Å². The molecular weight excluding hydrogens is 306 g/mol. The predicted molar refractivity (Wildman–Crippen MR) is 74.0 cm³/mol. The zero-order valence-corrected chi connectivity index (χ0v) is 12.2. The van der Waals surface area contributed by atoms with E-state index in [-0.39, 0.29) is 26.6 Å². The van der Waals surface area contributed by atoms with Crippen LogP contribution in [-0.2, 0) is 17.1 Å². The molecule has 1 heterocycles. The van der Waals surface area contributed by atoms with Gasteiger partial charge in [-0.15, -0.1) is 0 Å². The summed E-state index contributed by atoms with van der Waals surface area (Å²) in [7, 11) is -2.61. The van der Waals surface area contributed by atoms with E-state index in [9.17, 15) is 18.3 Å². The summed E-state index contributed by atoms with van der Waals surface area (Å²) < 4.78 is 23.9. The number of benzene rings is 1. The summed E-state index contributed by atoms with van der Waals surface area (Å²) in [5.41, 5.74) is -0.297. The highest BCUT2D eigenvalue weighted by Crippen LogP contribution is 2.25. The van der Waals surface area contributed by atoms with E-state index < -0.39 is 21.7 Å². The molecule has 0 amide bonds. The lowest BCUT2D eigenvalue weighted by molar-refractivity contribution is 0.184. The molecule has 0 radical (unpaired) electrons. The summed E-state index contributed by atoms with van der Waals surface area (Å²) in [4.78, 5) is 16.0. The first-order valence-electron chi connectivity index (χ1n) is 5.54. The number of fused-ring (bicyclic) bond motifs is 1. The number of aliphatic hydroxyl groups excluding tert-OH is 1. The Kier molecular flexibility index (Phi) is 3.59. The van der Waals surface area contributed by atoms with Gasteiger partial charge in [0.2, 0.25) is 10.0 Å². The van der Waals surface area contributed by atoms with E-state index in [0.29, 0.717) is 0 Å². The number of sulfonamides is 1. The van der Waals surface area contributed by atoms with Crippen molar-refractivity contribution in [1.82, 2.24) is 9.55 Å². The molecule has 108 valence electrons. The fourth-order valence-electron chi connectivity index (χ4n) is 1.88. The number of hydrogen-bond donors (Lipinski definition) is 2. The summed E-state index contributed by atoms with van der Waals surface area (Å²) in [5, 5.41) is 14.5. The Balaban J connectivity index is 2.95. The van der Waals surface area contributed by atoms with Crippen LogP contribution in [-0.4, -0.2) is 23.1 Å². The van der Waals surface area contributed by atoms with Crippen LogP contribution in [0, 0.1) is 0 Å². The van der Waals surface area contributed by atoms with Crippen LogP contribution in [0.15, 0.2) is 21.8 Å². The summed E-state index contributed by atoms with van der Waals surface area (Å²) in [5.74, 6) is 0.155. The number of nitrogens with two attached hydrogens (primary N) is 1. The molecule has 0 aliphatic carbocycles. The Morgan fingerprint density at radius 3 is 2.55 bits per heavy atom. The topological polar surface area (TPSA) is 115 Å². The van der Waals surface area contributed by atoms with Crippen LogP contribution in [0.25, 0.3) is 10.9 Å². The number of nitrogens with zero attached hydrogens (tertiary/aromatic N) is 2. The Labute approximate surface area is 119 Å². The monoisotopic (exact) mass is 317 g/mol. The predicted octanol–water partition coefficient (Wildman–Crippen LogP) is 0.288. The molecule has 2 rings (SSSR count). The van der Waals surface area contributed by atoms with Gasteiger partial charge in [0.05, 0.1) is 15.9 Å². The van der Waals surface area contributed by atoms with Gasteiger partial charge in [-0.3, -0.25) is 9.36 Å². The molecule has 1 atom stereocenters. The number of halogens is 1. The first-order valence-corrected chi connectivity index (χ1v) is 7.46. The molecule has 0 saturated carbocycles. The van der Waals surface area contributed by atoms with E-state index in [1.165, 1.54) is 20.0 Å². The molecule has 0 aliphatic rings. The molecule has 1 aromatic heterocycles. The molecule has 3 N–H and O–H groups in total. The lowest BCUT2D eigenvalue weighted by Gasteiger charge is -2.12. The Bertz CT molecular complexity index is 858. The van der Waals surface area contributed by atoms with Gasteiger partial charge < -0.3 is 5.11 Å². The van der Waals surface area contributed by atoms with Gasteiger partial charge in [0.25, 0.3) is 5.56 Å². The third-order valence-electron chi connectivity index (χ3n) is 2.84. The number of aliphatic hydroxyl groups is 1. The van der Waals surface area contributed by atoms with Gasteiger partial charge in [0.15, 0.2) is 0 Å². The summed E-state index contributed by atoms with van der Waals surface area (Å²) >= 11 is 5.84. The summed E-state index contributed by atoms with van der Waals surface area (Å²) in [6.45, 7) is 1.47. The van der Waals surface area contributed by atoms with Crippen molar-refractivity contribution in [2.24, 2.45) is 12.2 Å². The third kappa shape index (κ3) is 2.42. The smallest absolute Gasteiger partial charge is 0.261 e. The van der Waals surface area contributed by atoms with E-state index in [1.807, 2.05) is 0 Å². The Morgan fingerprint density at radius 2 is 2.05 bits per heavy atom. The average Bonchev–Trinajstić information content (AvgIpc) is 2.31. The van der Waals surface area contributed by atoms with Crippen molar-refractivity contribution >= 4 is 32.5 Å². The first kappa shape index (κ1) is 14.9. The first-order chi connectivity index (χ1) is 9.12. The number of rotatable bonds is 2. The fraction of sp³-hybridized carbons (Fsp3) is 0.273. The van der Waals surface area contributed by atoms with E-state index in [0.717, 1.165) is 10.6 Å². The Hall–Kier alpha value is -1.48. The van der Waals surface area contributed by atoms with Gasteiger partial charge in [0, 0.05) is 7.05 Å². The molecule has 0 bridgehead atoms. The highest BCUT2D eigenvalue weighted by molar-refractivity contribution is 7.89. The molecule has 2 aromatic rings.